The van der Waals surface area contributed by atoms with Crippen LogP contribution in [0.2, 0.25) is 0 Å². The van der Waals surface area contributed by atoms with E-state index in [1.807, 2.05) is 30.3 Å². The Balaban J connectivity index is 1.54. The normalized spacial score (nSPS) is 13.7. The number of aryl methyl sites for hydroxylation is 2. The molecular formula is C19H21N3O2. The lowest BCUT2D eigenvalue weighted by molar-refractivity contribution is -0.116. The zero-order chi connectivity index (χ0) is 16.8. The molecule has 1 amide bonds. The minimum Gasteiger partial charge on any atom is -0.351 e. The highest BCUT2D eigenvalue weighted by Crippen LogP contribution is 2.16. The zero-order valence-corrected chi connectivity index (χ0v) is 13.6. The molecule has 0 spiro atoms. The molecule has 1 N–H and O–H groups in total. The van der Waals surface area contributed by atoms with Crippen molar-refractivity contribution in [1.82, 2.24) is 15.1 Å². The average molecular weight is 323 g/mol. The van der Waals surface area contributed by atoms with Crippen LogP contribution in [-0.2, 0) is 24.2 Å². The SMILES string of the molecule is O=C(/C=C/c1ccccc1)NCCn1nc2c(cc1=O)CCCC2. The van der Waals surface area contributed by atoms with Crippen molar-refractivity contribution in [1.29, 1.82) is 0 Å². The second-order valence-electron chi connectivity index (χ2n) is 5.92. The van der Waals surface area contributed by atoms with Gasteiger partial charge in [0, 0.05) is 18.7 Å². The van der Waals surface area contributed by atoms with Gasteiger partial charge in [0.2, 0.25) is 5.91 Å². The summed E-state index contributed by atoms with van der Waals surface area (Å²) in [4.78, 5) is 23.9. The van der Waals surface area contributed by atoms with E-state index in [1.165, 1.54) is 10.8 Å². The van der Waals surface area contributed by atoms with Crippen molar-refractivity contribution >= 4 is 12.0 Å². The van der Waals surface area contributed by atoms with Gasteiger partial charge in [-0.15, -0.1) is 0 Å². The van der Waals surface area contributed by atoms with E-state index in [4.69, 9.17) is 0 Å². The number of carbonyl (C=O) groups excluding carboxylic acids is 1. The monoisotopic (exact) mass is 323 g/mol. The number of fused-ring (bicyclic) bond motifs is 1. The maximum absolute atomic E-state index is 12.1. The lowest BCUT2D eigenvalue weighted by Crippen LogP contribution is -2.32. The van der Waals surface area contributed by atoms with Crippen LogP contribution in [0, 0.1) is 0 Å². The number of aromatic nitrogens is 2. The van der Waals surface area contributed by atoms with Crippen molar-refractivity contribution in [3.8, 4) is 0 Å². The fourth-order valence-corrected chi connectivity index (χ4v) is 2.84. The molecule has 24 heavy (non-hydrogen) atoms. The molecule has 124 valence electrons. The second kappa shape index (κ2) is 7.73. The molecule has 1 aliphatic rings. The van der Waals surface area contributed by atoms with E-state index in [0.717, 1.165) is 42.5 Å². The molecule has 0 bridgehead atoms. The van der Waals surface area contributed by atoms with Gasteiger partial charge in [-0.25, -0.2) is 4.68 Å². The zero-order valence-electron chi connectivity index (χ0n) is 13.6. The van der Waals surface area contributed by atoms with Crippen molar-refractivity contribution < 1.29 is 4.79 Å². The van der Waals surface area contributed by atoms with E-state index in [-0.39, 0.29) is 11.5 Å². The first-order chi connectivity index (χ1) is 11.7. The summed E-state index contributed by atoms with van der Waals surface area (Å²) in [6, 6.07) is 11.3. The van der Waals surface area contributed by atoms with E-state index in [1.54, 1.807) is 12.1 Å². The van der Waals surface area contributed by atoms with Crippen LogP contribution in [0.25, 0.3) is 6.08 Å². The number of amides is 1. The second-order valence-corrected chi connectivity index (χ2v) is 5.92. The summed E-state index contributed by atoms with van der Waals surface area (Å²) in [7, 11) is 0. The van der Waals surface area contributed by atoms with Crippen molar-refractivity contribution in [3.05, 3.63) is 69.6 Å². The first-order valence-corrected chi connectivity index (χ1v) is 8.33. The molecule has 0 atom stereocenters. The number of rotatable bonds is 5. The summed E-state index contributed by atoms with van der Waals surface area (Å²) in [5.41, 5.74) is 2.98. The Morgan fingerprint density at radius 2 is 2.00 bits per heavy atom. The van der Waals surface area contributed by atoms with Crippen LogP contribution in [0.3, 0.4) is 0 Å². The van der Waals surface area contributed by atoms with Gasteiger partial charge in [-0.3, -0.25) is 9.59 Å². The van der Waals surface area contributed by atoms with E-state index >= 15 is 0 Å². The molecular weight excluding hydrogens is 302 g/mol. The lowest BCUT2D eigenvalue weighted by atomic mass is 9.97. The Kier molecular flexibility index (Phi) is 5.21. The van der Waals surface area contributed by atoms with Crippen molar-refractivity contribution in [2.75, 3.05) is 6.54 Å². The Morgan fingerprint density at radius 3 is 2.83 bits per heavy atom. The lowest BCUT2D eigenvalue weighted by Gasteiger charge is -2.15. The third kappa shape index (κ3) is 4.19. The Hall–Kier alpha value is -2.69. The van der Waals surface area contributed by atoms with Crippen LogP contribution in [-0.4, -0.2) is 22.2 Å². The molecule has 1 aromatic heterocycles. The molecule has 3 rings (SSSR count). The van der Waals surface area contributed by atoms with Crippen LogP contribution < -0.4 is 10.9 Å². The molecule has 0 radical (unpaired) electrons. The highest BCUT2D eigenvalue weighted by atomic mass is 16.1. The number of hydrogen-bond donors (Lipinski definition) is 1. The molecule has 0 aliphatic heterocycles. The molecule has 0 saturated carbocycles. The van der Waals surface area contributed by atoms with Crippen LogP contribution >= 0.6 is 0 Å². The van der Waals surface area contributed by atoms with E-state index in [2.05, 4.69) is 10.4 Å². The fraction of sp³-hybridized carbons (Fsp3) is 0.316. The number of benzene rings is 1. The van der Waals surface area contributed by atoms with Crippen molar-refractivity contribution in [2.24, 2.45) is 0 Å². The molecule has 0 fully saturated rings. The Bertz CT molecular complexity index is 794. The highest BCUT2D eigenvalue weighted by molar-refractivity contribution is 5.91. The summed E-state index contributed by atoms with van der Waals surface area (Å²) in [5.74, 6) is -0.176. The molecule has 1 aromatic carbocycles. The summed E-state index contributed by atoms with van der Waals surface area (Å²) in [6.07, 6.45) is 7.39. The smallest absolute Gasteiger partial charge is 0.267 e. The van der Waals surface area contributed by atoms with Crippen LogP contribution in [0.5, 0.6) is 0 Å². The third-order valence-corrected chi connectivity index (χ3v) is 4.12. The summed E-state index contributed by atoms with van der Waals surface area (Å²) >= 11 is 0. The fourth-order valence-electron chi connectivity index (χ4n) is 2.84. The van der Waals surface area contributed by atoms with Gasteiger partial charge in [-0.2, -0.15) is 5.10 Å². The predicted octanol–water partition coefficient (Wildman–Crippen LogP) is 1.95. The van der Waals surface area contributed by atoms with Gasteiger partial charge in [0.15, 0.2) is 0 Å². The van der Waals surface area contributed by atoms with Gasteiger partial charge in [0.1, 0.15) is 0 Å². The molecule has 2 aromatic rings. The van der Waals surface area contributed by atoms with Crippen molar-refractivity contribution in [3.63, 3.8) is 0 Å². The van der Waals surface area contributed by atoms with Gasteiger partial charge >= 0.3 is 0 Å². The predicted molar refractivity (Wildman–Crippen MR) is 93.6 cm³/mol. The van der Waals surface area contributed by atoms with Gasteiger partial charge in [-0.1, -0.05) is 30.3 Å². The highest BCUT2D eigenvalue weighted by Gasteiger charge is 2.13. The number of nitrogens with zero attached hydrogens (tertiary/aromatic N) is 2. The molecule has 1 aliphatic carbocycles. The van der Waals surface area contributed by atoms with E-state index < -0.39 is 0 Å². The Morgan fingerprint density at radius 1 is 1.21 bits per heavy atom. The van der Waals surface area contributed by atoms with Gasteiger partial charge in [-0.05, 0) is 42.9 Å². The summed E-state index contributed by atoms with van der Waals surface area (Å²) in [6.45, 7) is 0.765. The number of nitrogens with one attached hydrogen (secondary N) is 1. The van der Waals surface area contributed by atoms with Gasteiger partial charge < -0.3 is 5.32 Å². The molecule has 5 heteroatoms. The summed E-state index contributed by atoms with van der Waals surface area (Å²) in [5, 5.41) is 7.22. The number of carbonyl (C=O) groups is 1. The van der Waals surface area contributed by atoms with Crippen molar-refractivity contribution in [2.45, 2.75) is 32.2 Å². The minimum absolute atomic E-state index is 0.0928. The van der Waals surface area contributed by atoms with Crippen LogP contribution in [0.15, 0.2) is 47.3 Å². The van der Waals surface area contributed by atoms with Gasteiger partial charge in [0.05, 0.1) is 12.2 Å². The largest absolute Gasteiger partial charge is 0.351 e. The Labute approximate surface area is 141 Å². The standard InChI is InChI=1S/C19H21N3O2/c23-18(11-10-15-6-2-1-3-7-15)20-12-13-22-19(24)14-16-8-4-5-9-17(16)21-22/h1-3,6-7,10-11,14H,4-5,8-9,12-13H2,(H,20,23)/b11-10+. The van der Waals surface area contributed by atoms with E-state index in [9.17, 15) is 9.59 Å². The minimum atomic E-state index is -0.176. The number of hydrogen-bond acceptors (Lipinski definition) is 3. The average Bonchev–Trinajstić information content (AvgIpc) is 2.61. The quantitative estimate of drug-likeness (QED) is 0.856. The molecule has 0 saturated heterocycles. The van der Waals surface area contributed by atoms with Gasteiger partial charge in [0.25, 0.3) is 5.56 Å². The first kappa shape index (κ1) is 16.2. The molecule has 0 unspecified atom stereocenters. The third-order valence-electron chi connectivity index (χ3n) is 4.12. The van der Waals surface area contributed by atoms with Crippen LogP contribution in [0.4, 0.5) is 0 Å². The maximum atomic E-state index is 12.1. The first-order valence-electron chi connectivity index (χ1n) is 8.33. The topological polar surface area (TPSA) is 64.0 Å². The summed E-state index contributed by atoms with van der Waals surface area (Å²) < 4.78 is 1.45. The molecule has 1 heterocycles. The van der Waals surface area contributed by atoms with Crippen LogP contribution in [0.1, 0.15) is 29.7 Å². The molecule has 5 nitrogen and oxygen atoms in total. The van der Waals surface area contributed by atoms with E-state index in [0.29, 0.717) is 13.1 Å². The maximum Gasteiger partial charge on any atom is 0.267 e.